The Kier molecular flexibility index (Phi) is 5.40. The van der Waals surface area contributed by atoms with Gasteiger partial charge in [0.25, 0.3) is 5.90 Å². The van der Waals surface area contributed by atoms with Crippen LogP contribution in [0.3, 0.4) is 0 Å². The molecule has 0 spiro atoms. The summed E-state index contributed by atoms with van der Waals surface area (Å²) in [5.74, 6) is 0.270. The van der Waals surface area contributed by atoms with Gasteiger partial charge in [0, 0.05) is 6.42 Å². The summed E-state index contributed by atoms with van der Waals surface area (Å²) in [6, 6.07) is 6.73. The Hall–Kier alpha value is -2.62. The number of carbonyl (C=O) groups excluding carboxylic acids is 2. The minimum absolute atomic E-state index is 0.112. The van der Waals surface area contributed by atoms with Crippen molar-refractivity contribution in [1.82, 2.24) is 0 Å². The lowest BCUT2D eigenvalue weighted by molar-refractivity contribution is -0.134. The van der Waals surface area contributed by atoms with Crippen molar-refractivity contribution in [1.29, 1.82) is 0 Å². The van der Waals surface area contributed by atoms with Crippen LogP contribution in [0, 0.1) is 3.57 Å². The molecule has 0 aliphatic carbocycles. The van der Waals surface area contributed by atoms with E-state index < -0.39 is 5.97 Å². The van der Waals surface area contributed by atoms with Crippen LogP contribution >= 0.6 is 22.6 Å². The molecular formula is C18H14INO6. The summed E-state index contributed by atoms with van der Waals surface area (Å²) in [5.41, 5.74) is 0.784. The summed E-state index contributed by atoms with van der Waals surface area (Å²) in [6.07, 6.45) is 3.28. The van der Waals surface area contributed by atoms with Crippen molar-refractivity contribution >= 4 is 46.5 Å². The highest BCUT2D eigenvalue weighted by atomic mass is 127. The van der Waals surface area contributed by atoms with Gasteiger partial charge in [-0.3, -0.25) is 4.79 Å². The normalized spacial score (nSPS) is 15.0. The standard InChI is InChI=1S/C18H14INO6/c1-3-15(21)25-16-11(19)7-10(9-14(16)23-2)8-12-18(22)26-17(20-12)13-5-4-6-24-13/h4-9H,3H2,1-2H3/b12-8-. The van der Waals surface area contributed by atoms with Crippen LogP contribution in [0.4, 0.5) is 0 Å². The van der Waals surface area contributed by atoms with E-state index in [2.05, 4.69) is 4.99 Å². The monoisotopic (exact) mass is 467 g/mol. The van der Waals surface area contributed by atoms with Crippen LogP contribution in [0.25, 0.3) is 6.08 Å². The molecule has 0 saturated carbocycles. The van der Waals surface area contributed by atoms with Gasteiger partial charge in [-0.1, -0.05) is 6.92 Å². The van der Waals surface area contributed by atoms with E-state index in [1.807, 2.05) is 22.6 Å². The average molecular weight is 467 g/mol. The molecule has 3 rings (SSSR count). The number of methoxy groups -OCH3 is 1. The Balaban J connectivity index is 1.94. The number of esters is 2. The Bertz CT molecular complexity index is 914. The maximum atomic E-state index is 12.0. The fraction of sp³-hybridized carbons (Fsp3) is 0.167. The first-order valence-corrected chi connectivity index (χ1v) is 8.74. The maximum absolute atomic E-state index is 12.0. The van der Waals surface area contributed by atoms with Crippen LogP contribution in [-0.2, 0) is 14.3 Å². The van der Waals surface area contributed by atoms with Crippen molar-refractivity contribution in [3.8, 4) is 11.5 Å². The highest BCUT2D eigenvalue weighted by Crippen LogP contribution is 2.35. The van der Waals surface area contributed by atoms with E-state index in [9.17, 15) is 9.59 Å². The van der Waals surface area contributed by atoms with Crippen LogP contribution < -0.4 is 9.47 Å². The lowest BCUT2D eigenvalue weighted by atomic mass is 10.1. The Labute approximate surface area is 162 Å². The van der Waals surface area contributed by atoms with E-state index in [4.69, 9.17) is 18.6 Å². The Morgan fingerprint density at radius 1 is 1.38 bits per heavy atom. The second kappa shape index (κ2) is 7.73. The number of hydrogen-bond acceptors (Lipinski definition) is 7. The number of benzene rings is 1. The molecule has 2 aromatic rings. The summed E-state index contributed by atoms with van der Waals surface area (Å²) >= 11 is 2.04. The molecule has 7 nitrogen and oxygen atoms in total. The summed E-state index contributed by atoms with van der Waals surface area (Å²) in [5, 5.41) is 0. The average Bonchev–Trinajstić information content (AvgIpc) is 3.27. The molecule has 0 saturated heterocycles. The van der Waals surface area contributed by atoms with Crippen LogP contribution in [0.1, 0.15) is 24.7 Å². The molecule has 0 N–H and O–H groups in total. The number of nitrogens with zero attached hydrogens (tertiary/aromatic N) is 1. The predicted octanol–water partition coefficient (Wildman–Crippen LogP) is 3.55. The first-order chi connectivity index (χ1) is 12.5. The molecule has 0 fully saturated rings. The highest BCUT2D eigenvalue weighted by Gasteiger charge is 2.26. The fourth-order valence-corrected chi connectivity index (χ4v) is 2.92. The van der Waals surface area contributed by atoms with Gasteiger partial charge in [-0.2, -0.15) is 0 Å². The predicted molar refractivity (Wildman–Crippen MR) is 101 cm³/mol. The zero-order valence-electron chi connectivity index (χ0n) is 13.9. The molecule has 2 heterocycles. The molecule has 1 aliphatic rings. The van der Waals surface area contributed by atoms with E-state index in [1.165, 1.54) is 13.4 Å². The number of rotatable bonds is 5. The van der Waals surface area contributed by atoms with Crippen LogP contribution in [0.5, 0.6) is 11.5 Å². The molecule has 0 unspecified atom stereocenters. The van der Waals surface area contributed by atoms with Gasteiger partial charge in [0.15, 0.2) is 23.0 Å². The van der Waals surface area contributed by atoms with Gasteiger partial charge >= 0.3 is 11.9 Å². The zero-order valence-corrected chi connectivity index (χ0v) is 16.1. The van der Waals surface area contributed by atoms with Crippen LogP contribution in [0.2, 0.25) is 0 Å². The number of aliphatic imine (C=N–C) groups is 1. The number of hydrogen-bond donors (Lipinski definition) is 0. The van der Waals surface area contributed by atoms with E-state index in [1.54, 1.807) is 37.3 Å². The smallest absolute Gasteiger partial charge is 0.363 e. The number of halogens is 1. The molecule has 8 heteroatoms. The molecule has 134 valence electrons. The molecule has 0 amide bonds. The van der Waals surface area contributed by atoms with Crippen molar-refractivity contribution in [3.63, 3.8) is 0 Å². The van der Waals surface area contributed by atoms with Gasteiger partial charge in [0.05, 0.1) is 16.9 Å². The van der Waals surface area contributed by atoms with E-state index in [0.29, 0.717) is 26.4 Å². The lowest BCUT2D eigenvalue weighted by Gasteiger charge is -2.11. The van der Waals surface area contributed by atoms with E-state index in [0.717, 1.165) is 0 Å². The molecule has 0 radical (unpaired) electrons. The summed E-state index contributed by atoms with van der Waals surface area (Å²) in [4.78, 5) is 27.8. The second-order valence-electron chi connectivity index (χ2n) is 5.18. The molecule has 1 aliphatic heterocycles. The largest absolute Gasteiger partial charge is 0.493 e. The Morgan fingerprint density at radius 3 is 2.85 bits per heavy atom. The molecule has 1 aromatic carbocycles. The van der Waals surface area contributed by atoms with Crippen molar-refractivity contribution in [3.05, 3.63) is 51.1 Å². The molecule has 1 aromatic heterocycles. The van der Waals surface area contributed by atoms with Gasteiger partial charge in [0.1, 0.15) is 0 Å². The SMILES string of the molecule is CCC(=O)Oc1c(I)cc(/C=C2\N=C(c3ccco3)OC2=O)cc1OC. The van der Waals surface area contributed by atoms with E-state index >= 15 is 0 Å². The number of carbonyl (C=O) groups is 2. The van der Waals surface area contributed by atoms with Crippen molar-refractivity contribution in [2.24, 2.45) is 4.99 Å². The third-order valence-corrected chi connectivity index (χ3v) is 4.21. The molecule has 26 heavy (non-hydrogen) atoms. The summed E-state index contributed by atoms with van der Waals surface area (Å²) in [7, 11) is 1.47. The maximum Gasteiger partial charge on any atom is 0.363 e. The third kappa shape index (κ3) is 3.79. The van der Waals surface area contributed by atoms with Crippen molar-refractivity contribution in [2.75, 3.05) is 7.11 Å². The third-order valence-electron chi connectivity index (χ3n) is 3.41. The van der Waals surface area contributed by atoms with Gasteiger partial charge in [-0.25, -0.2) is 9.79 Å². The van der Waals surface area contributed by atoms with Crippen LogP contribution in [0.15, 0.2) is 45.6 Å². The first kappa shape index (κ1) is 18.2. The quantitative estimate of drug-likeness (QED) is 0.289. The highest BCUT2D eigenvalue weighted by molar-refractivity contribution is 14.1. The number of cyclic esters (lactones) is 1. The topological polar surface area (TPSA) is 87.3 Å². The molecule has 0 bridgehead atoms. The first-order valence-electron chi connectivity index (χ1n) is 7.66. The van der Waals surface area contributed by atoms with Gasteiger partial charge < -0.3 is 18.6 Å². The summed E-state index contributed by atoms with van der Waals surface area (Å²) in [6.45, 7) is 1.71. The van der Waals surface area contributed by atoms with E-state index in [-0.39, 0.29) is 24.0 Å². The van der Waals surface area contributed by atoms with Crippen molar-refractivity contribution in [2.45, 2.75) is 13.3 Å². The molecule has 0 atom stereocenters. The van der Waals surface area contributed by atoms with Gasteiger partial charge in [0.2, 0.25) is 0 Å². The number of ether oxygens (including phenoxy) is 3. The van der Waals surface area contributed by atoms with Gasteiger partial charge in [-0.05, 0) is 58.5 Å². The minimum atomic E-state index is -0.577. The zero-order chi connectivity index (χ0) is 18.7. The van der Waals surface area contributed by atoms with Crippen molar-refractivity contribution < 1.29 is 28.2 Å². The minimum Gasteiger partial charge on any atom is -0.493 e. The second-order valence-corrected chi connectivity index (χ2v) is 6.34. The molecular weight excluding hydrogens is 453 g/mol. The van der Waals surface area contributed by atoms with Gasteiger partial charge in [-0.15, -0.1) is 0 Å². The van der Waals surface area contributed by atoms with Crippen LogP contribution in [-0.4, -0.2) is 24.9 Å². The Morgan fingerprint density at radius 2 is 2.19 bits per heavy atom. The summed E-state index contributed by atoms with van der Waals surface area (Å²) < 4.78 is 21.6. The lowest BCUT2D eigenvalue weighted by Crippen LogP contribution is -2.08. The number of furan rings is 1. The fourth-order valence-electron chi connectivity index (χ4n) is 2.18.